The van der Waals surface area contributed by atoms with Gasteiger partial charge in [0, 0.05) is 13.2 Å². The highest BCUT2D eigenvalue weighted by atomic mass is 19.1. The second-order valence-corrected chi connectivity index (χ2v) is 7.01. The number of carbonyl (C=O) groups is 1. The Hall–Kier alpha value is -1.46. The van der Waals surface area contributed by atoms with Crippen LogP contribution >= 0.6 is 0 Å². The van der Waals surface area contributed by atoms with Crippen LogP contribution in [0.4, 0.5) is 4.39 Å². The van der Waals surface area contributed by atoms with Gasteiger partial charge in [-0.15, -0.1) is 0 Å². The van der Waals surface area contributed by atoms with Gasteiger partial charge in [0.1, 0.15) is 5.82 Å². The van der Waals surface area contributed by atoms with Crippen LogP contribution in [-0.2, 0) is 20.7 Å². The molecule has 1 heterocycles. The zero-order valence-electron chi connectivity index (χ0n) is 15.0. The summed E-state index contributed by atoms with van der Waals surface area (Å²) in [5, 5.41) is 8.21. The highest BCUT2D eigenvalue weighted by molar-refractivity contribution is 5.69. The number of cyclic esters (lactones) is 1. The first-order chi connectivity index (χ1) is 12.1. The van der Waals surface area contributed by atoms with E-state index in [4.69, 9.17) is 14.6 Å². The van der Waals surface area contributed by atoms with Crippen molar-refractivity contribution in [2.24, 2.45) is 11.8 Å². The van der Waals surface area contributed by atoms with Crippen LogP contribution in [0, 0.1) is 17.7 Å². The molecule has 140 valence electrons. The third-order valence-corrected chi connectivity index (χ3v) is 4.51. The molecular formula is C20H29FO4. The fourth-order valence-electron chi connectivity index (χ4n) is 2.87. The minimum absolute atomic E-state index is 0.0777. The first-order valence-corrected chi connectivity index (χ1v) is 9.19. The van der Waals surface area contributed by atoms with Gasteiger partial charge in [0.2, 0.25) is 0 Å². The average molecular weight is 352 g/mol. The van der Waals surface area contributed by atoms with Crippen molar-refractivity contribution in [3.63, 3.8) is 0 Å². The molecule has 1 aromatic carbocycles. The standard InChI is InChI=1S/C16H21FO3.C4H8O/c1-12-10-14(6-8-19-9-7-16(18)20-12)11-13-2-4-15(17)5-3-13;5-3-4-1-2-4/h2-5,12,14H,6-11H2,1H3;4-5H,1-3H2/t12?,14-;/m0./s1. The van der Waals surface area contributed by atoms with E-state index in [0.29, 0.717) is 38.1 Å². The Morgan fingerprint density at radius 2 is 1.84 bits per heavy atom. The molecule has 2 atom stereocenters. The summed E-state index contributed by atoms with van der Waals surface area (Å²) in [4.78, 5) is 11.5. The molecular weight excluding hydrogens is 323 g/mol. The molecule has 1 saturated heterocycles. The number of halogens is 1. The Bertz CT molecular complexity index is 513. The molecule has 4 nitrogen and oxygen atoms in total. The van der Waals surface area contributed by atoms with Gasteiger partial charge in [-0.05, 0) is 68.6 Å². The van der Waals surface area contributed by atoms with Crippen LogP contribution in [0.25, 0.3) is 0 Å². The van der Waals surface area contributed by atoms with Gasteiger partial charge < -0.3 is 14.6 Å². The fourth-order valence-corrected chi connectivity index (χ4v) is 2.87. The quantitative estimate of drug-likeness (QED) is 0.846. The molecule has 2 fully saturated rings. The summed E-state index contributed by atoms with van der Waals surface area (Å²) >= 11 is 0. The zero-order valence-corrected chi connectivity index (χ0v) is 15.0. The summed E-state index contributed by atoms with van der Waals surface area (Å²) in [6, 6.07) is 6.59. The SMILES string of the molecule is CC1C[C@@H](Cc2ccc(F)cc2)CCOCCC(=O)O1.OCC1CC1. The highest BCUT2D eigenvalue weighted by Gasteiger charge is 2.19. The van der Waals surface area contributed by atoms with E-state index in [1.165, 1.54) is 25.0 Å². The normalized spacial score (nSPS) is 24.7. The van der Waals surface area contributed by atoms with Crippen LogP contribution in [0.15, 0.2) is 24.3 Å². The Kier molecular flexibility index (Phi) is 8.35. The van der Waals surface area contributed by atoms with Crippen molar-refractivity contribution in [2.45, 2.75) is 51.6 Å². The van der Waals surface area contributed by atoms with Crippen molar-refractivity contribution in [1.82, 2.24) is 0 Å². The van der Waals surface area contributed by atoms with Crippen molar-refractivity contribution in [3.05, 3.63) is 35.6 Å². The molecule has 3 rings (SSSR count). The number of rotatable bonds is 3. The van der Waals surface area contributed by atoms with Crippen LogP contribution in [0.5, 0.6) is 0 Å². The number of esters is 1. The van der Waals surface area contributed by atoms with Crippen LogP contribution in [0.3, 0.4) is 0 Å². The Morgan fingerprint density at radius 3 is 2.44 bits per heavy atom. The van der Waals surface area contributed by atoms with Crippen LogP contribution in [-0.4, -0.2) is 37.0 Å². The first kappa shape index (κ1) is 19.9. The topological polar surface area (TPSA) is 55.8 Å². The van der Waals surface area contributed by atoms with Crippen LogP contribution in [0.2, 0.25) is 0 Å². The number of aliphatic hydroxyl groups is 1. The van der Waals surface area contributed by atoms with Crippen molar-refractivity contribution in [1.29, 1.82) is 0 Å². The lowest BCUT2D eigenvalue weighted by Crippen LogP contribution is -2.23. The van der Waals surface area contributed by atoms with E-state index in [1.807, 2.05) is 19.1 Å². The summed E-state index contributed by atoms with van der Waals surface area (Å²) < 4.78 is 23.7. The molecule has 1 unspecified atom stereocenters. The van der Waals surface area contributed by atoms with Crippen molar-refractivity contribution in [3.8, 4) is 0 Å². The lowest BCUT2D eigenvalue weighted by Gasteiger charge is -2.23. The number of ether oxygens (including phenoxy) is 2. The summed E-state index contributed by atoms with van der Waals surface area (Å²) in [5.74, 6) is 0.654. The Morgan fingerprint density at radius 1 is 1.12 bits per heavy atom. The molecule has 0 spiro atoms. The average Bonchev–Trinajstić information content (AvgIpc) is 3.41. The Labute approximate surface area is 149 Å². The lowest BCUT2D eigenvalue weighted by atomic mass is 9.91. The molecule has 1 aliphatic heterocycles. The van der Waals surface area contributed by atoms with Crippen molar-refractivity contribution < 1.29 is 23.8 Å². The first-order valence-electron chi connectivity index (χ1n) is 9.19. The maximum absolute atomic E-state index is 12.9. The number of aliphatic hydroxyl groups excluding tert-OH is 1. The van der Waals surface area contributed by atoms with Gasteiger partial charge in [0.15, 0.2) is 0 Å². The summed E-state index contributed by atoms with van der Waals surface area (Å²) in [6.45, 7) is 3.43. The predicted octanol–water partition coefficient (Wildman–Crippen LogP) is 3.51. The second-order valence-electron chi connectivity index (χ2n) is 7.01. The smallest absolute Gasteiger partial charge is 0.308 e. The Balaban J connectivity index is 0.000000386. The maximum atomic E-state index is 12.9. The molecule has 1 saturated carbocycles. The molecule has 1 aliphatic carbocycles. The van der Waals surface area contributed by atoms with Crippen molar-refractivity contribution >= 4 is 5.97 Å². The van der Waals surface area contributed by atoms with E-state index in [1.54, 1.807) is 0 Å². The van der Waals surface area contributed by atoms with E-state index in [2.05, 4.69) is 0 Å². The minimum Gasteiger partial charge on any atom is -0.463 e. The third-order valence-electron chi connectivity index (χ3n) is 4.51. The van der Waals surface area contributed by atoms with Gasteiger partial charge in [-0.3, -0.25) is 4.79 Å². The summed E-state index contributed by atoms with van der Waals surface area (Å²) in [6.07, 6.45) is 5.36. The number of carbonyl (C=O) groups excluding carboxylic acids is 1. The largest absolute Gasteiger partial charge is 0.463 e. The van der Waals surface area contributed by atoms with Gasteiger partial charge >= 0.3 is 5.97 Å². The number of benzene rings is 1. The highest BCUT2D eigenvalue weighted by Crippen LogP contribution is 2.27. The van der Waals surface area contributed by atoms with E-state index in [0.717, 1.165) is 24.8 Å². The van der Waals surface area contributed by atoms with E-state index in [-0.39, 0.29) is 17.9 Å². The van der Waals surface area contributed by atoms with Crippen molar-refractivity contribution in [2.75, 3.05) is 19.8 Å². The lowest BCUT2D eigenvalue weighted by molar-refractivity contribution is -0.151. The molecule has 0 aromatic heterocycles. The fraction of sp³-hybridized carbons (Fsp3) is 0.650. The number of hydrogen-bond donors (Lipinski definition) is 1. The molecule has 0 amide bonds. The van der Waals surface area contributed by atoms with Gasteiger partial charge in [-0.2, -0.15) is 0 Å². The zero-order chi connectivity index (χ0) is 18.1. The van der Waals surface area contributed by atoms with Gasteiger partial charge in [-0.1, -0.05) is 12.1 Å². The molecule has 25 heavy (non-hydrogen) atoms. The van der Waals surface area contributed by atoms with Gasteiger partial charge in [-0.25, -0.2) is 4.39 Å². The molecule has 0 bridgehead atoms. The van der Waals surface area contributed by atoms with Crippen LogP contribution < -0.4 is 0 Å². The predicted molar refractivity (Wildman–Crippen MR) is 93.6 cm³/mol. The second kappa shape index (κ2) is 10.5. The number of hydrogen-bond acceptors (Lipinski definition) is 4. The monoisotopic (exact) mass is 352 g/mol. The minimum atomic E-state index is -0.217. The maximum Gasteiger partial charge on any atom is 0.308 e. The van der Waals surface area contributed by atoms with Gasteiger partial charge in [0.05, 0.1) is 19.1 Å². The third kappa shape index (κ3) is 8.45. The molecule has 0 radical (unpaired) electrons. The molecule has 2 aliphatic rings. The molecule has 1 N–H and O–H groups in total. The molecule has 1 aromatic rings. The van der Waals surface area contributed by atoms with E-state index in [9.17, 15) is 9.18 Å². The summed E-state index contributed by atoms with van der Waals surface area (Å²) in [5.41, 5.74) is 1.10. The van der Waals surface area contributed by atoms with E-state index < -0.39 is 0 Å². The van der Waals surface area contributed by atoms with Crippen LogP contribution in [0.1, 0.15) is 44.6 Å². The summed E-state index contributed by atoms with van der Waals surface area (Å²) in [7, 11) is 0. The van der Waals surface area contributed by atoms with E-state index >= 15 is 0 Å². The molecule has 5 heteroatoms. The van der Waals surface area contributed by atoms with Gasteiger partial charge in [0.25, 0.3) is 0 Å².